The van der Waals surface area contributed by atoms with Gasteiger partial charge in [0.15, 0.2) is 5.60 Å². The fourth-order valence-corrected chi connectivity index (χ4v) is 4.01. The van der Waals surface area contributed by atoms with Gasteiger partial charge in [-0.1, -0.05) is 64.1 Å². The molecule has 1 heterocycles. The molecule has 2 unspecified atom stereocenters. The zero-order valence-electron chi connectivity index (χ0n) is 12.1. The van der Waals surface area contributed by atoms with Crippen molar-refractivity contribution in [1.82, 2.24) is 0 Å². The quantitative estimate of drug-likeness (QED) is 0.518. The molecule has 2 aromatic rings. The Balaban J connectivity index is 2.28. The highest BCUT2D eigenvalue weighted by molar-refractivity contribution is 6.48. The zero-order chi connectivity index (χ0) is 18.5. The molecule has 0 aliphatic carbocycles. The second-order valence-corrected chi connectivity index (χ2v) is 7.36. The average Bonchev–Trinajstić information content (AvgIpc) is 2.85. The van der Waals surface area contributed by atoms with Crippen molar-refractivity contribution in [3.8, 4) is 0 Å². The summed E-state index contributed by atoms with van der Waals surface area (Å²) >= 11 is 30.3. The number of aliphatic hydroxyl groups is 1. The van der Waals surface area contributed by atoms with Gasteiger partial charge in [-0.15, -0.1) is 0 Å². The smallest absolute Gasteiger partial charge is 0.262 e. The van der Waals surface area contributed by atoms with E-state index in [9.17, 15) is 14.7 Å². The molecular formula is C16H8Cl5NO3. The number of amides is 1. The van der Waals surface area contributed by atoms with Gasteiger partial charge in [0.05, 0.1) is 31.7 Å². The van der Waals surface area contributed by atoms with E-state index in [2.05, 4.69) is 5.32 Å². The first kappa shape index (κ1) is 18.8. The summed E-state index contributed by atoms with van der Waals surface area (Å²) in [6.07, 6.45) is 0.400. The highest BCUT2D eigenvalue weighted by atomic mass is 35.5. The predicted molar refractivity (Wildman–Crippen MR) is 99.3 cm³/mol. The second kappa shape index (κ2) is 6.62. The van der Waals surface area contributed by atoms with Crippen LogP contribution in [-0.2, 0) is 15.2 Å². The first-order valence-corrected chi connectivity index (χ1v) is 8.73. The molecule has 0 saturated heterocycles. The third-order valence-corrected chi connectivity index (χ3v) is 5.99. The van der Waals surface area contributed by atoms with E-state index < -0.39 is 17.4 Å². The Bertz CT molecular complexity index is 917. The average molecular weight is 440 g/mol. The van der Waals surface area contributed by atoms with Gasteiger partial charge in [-0.2, -0.15) is 0 Å². The van der Waals surface area contributed by atoms with Gasteiger partial charge < -0.3 is 15.2 Å². The molecule has 1 aliphatic heterocycles. The summed E-state index contributed by atoms with van der Waals surface area (Å²) in [4.78, 5) is 24.4. The monoisotopic (exact) mass is 437 g/mol. The minimum Gasteiger partial charge on any atom is -0.374 e. The Morgan fingerprint density at radius 2 is 1.56 bits per heavy atom. The molecule has 0 bridgehead atoms. The number of rotatable bonds is 3. The molecule has 0 aromatic heterocycles. The van der Waals surface area contributed by atoms with Gasteiger partial charge in [-0.05, 0) is 23.8 Å². The van der Waals surface area contributed by atoms with Gasteiger partial charge in [-0.3, -0.25) is 4.79 Å². The van der Waals surface area contributed by atoms with Crippen LogP contribution in [0.2, 0.25) is 25.1 Å². The number of carbonyl (C=O) groups is 2. The fraction of sp³-hybridized carbons (Fsp3) is 0.125. The molecule has 2 atom stereocenters. The molecule has 2 aromatic carbocycles. The topological polar surface area (TPSA) is 66.4 Å². The van der Waals surface area contributed by atoms with Gasteiger partial charge >= 0.3 is 0 Å². The van der Waals surface area contributed by atoms with E-state index in [-0.39, 0.29) is 41.9 Å². The van der Waals surface area contributed by atoms with Crippen molar-refractivity contribution in [2.45, 2.75) is 11.5 Å². The number of anilines is 1. The van der Waals surface area contributed by atoms with E-state index in [1.807, 2.05) is 0 Å². The van der Waals surface area contributed by atoms with E-state index in [0.29, 0.717) is 6.29 Å². The fourth-order valence-electron chi connectivity index (χ4n) is 2.84. The molecular weight excluding hydrogens is 431 g/mol. The first-order chi connectivity index (χ1) is 11.7. The minimum atomic E-state index is -2.31. The van der Waals surface area contributed by atoms with Crippen LogP contribution in [0.15, 0.2) is 24.3 Å². The number of carbonyl (C=O) groups excluding carboxylic acids is 2. The maximum absolute atomic E-state index is 12.6. The molecule has 1 aliphatic rings. The largest absolute Gasteiger partial charge is 0.374 e. The highest BCUT2D eigenvalue weighted by Crippen LogP contribution is 2.51. The predicted octanol–water partition coefficient (Wildman–Crippen LogP) is 5.08. The molecule has 2 N–H and O–H groups in total. The van der Waals surface area contributed by atoms with Crippen LogP contribution in [0.1, 0.15) is 17.0 Å². The number of fused-ring (bicyclic) bond motifs is 1. The van der Waals surface area contributed by atoms with E-state index in [1.165, 1.54) is 24.3 Å². The van der Waals surface area contributed by atoms with E-state index in [4.69, 9.17) is 58.0 Å². The number of benzene rings is 2. The third kappa shape index (κ3) is 2.72. The molecule has 25 heavy (non-hydrogen) atoms. The first-order valence-electron chi connectivity index (χ1n) is 6.84. The number of nitrogens with one attached hydrogen (secondary N) is 1. The lowest BCUT2D eigenvalue weighted by molar-refractivity contribution is -0.139. The molecule has 0 saturated carbocycles. The third-order valence-electron chi connectivity index (χ3n) is 4.06. The van der Waals surface area contributed by atoms with Crippen LogP contribution in [-0.4, -0.2) is 17.3 Å². The molecule has 3 rings (SSSR count). The van der Waals surface area contributed by atoms with Gasteiger partial charge in [0, 0.05) is 10.6 Å². The van der Waals surface area contributed by atoms with Gasteiger partial charge in [0.1, 0.15) is 6.29 Å². The van der Waals surface area contributed by atoms with Crippen molar-refractivity contribution >= 4 is 75.9 Å². The lowest BCUT2D eigenvalue weighted by Gasteiger charge is -2.29. The Labute approximate surface area is 167 Å². The Hall–Kier alpha value is -1.01. The van der Waals surface area contributed by atoms with Crippen molar-refractivity contribution in [2.24, 2.45) is 0 Å². The van der Waals surface area contributed by atoms with Crippen LogP contribution in [0.3, 0.4) is 0 Å². The summed E-state index contributed by atoms with van der Waals surface area (Å²) in [6, 6.07) is 5.72. The summed E-state index contributed by atoms with van der Waals surface area (Å²) in [5.74, 6) is -2.23. The van der Waals surface area contributed by atoms with E-state index in [1.54, 1.807) is 0 Å². The Kier molecular flexibility index (Phi) is 4.97. The van der Waals surface area contributed by atoms with Crippen LogP contribution in [0.5, 0.6) is 0 Å². The summed E-state index contributed by atoms with van der Waals surface area (Å²) in [5, 5.41) is 14.0. The van der Waals surface area contributed by atoms with E-state index >= 15 is 0 Å². The Morgan fingerprint density at radius 3 is 2.20 bits per heavy atom. The molecule has 0 radical (unpaired) electrons. The molecule has 4 nitrogen and oxygen atoms in total. The zero-order valence-corrected chi connectivity index (χ0v) is 15.9. The minimum absolute atomic E-state index is 0.00547. The van der Waals surface area contributed by atoms with Crippen molar-refractivity contribution in [2.75, 3.05) is 5.32 Å². The van der Waals surface area contributed by atoms with Crippen LogP contribution in [0, 0.1) is 0 Å². The van der Waals surface area contributed by atoms with Crippen LogP contribution in [0.4, 0.5) is 5.69 Å². The maximum Gasteiger partial charge on any atom is 0.262 e. The molecule has 9 heteroatoms. The SMILES string of the molecule is O=CC(c1ccc(Cl)c(Cl)c1Cl)C1(O)C(=O)Nc2c(Cl)ccc(Cl)c21. The molecule has 1 amide bonds. The van der Waals surface area contributed by atoms with Crippen molar-refractivity contribution < 1.29 is 14.7 Å². The van der Waals surface area contributed by atoms with E-state index in [0.717, 1.165) is 0 Å². The summed E-state index contributed by atoms with van der Waals surface area (Å²) in [6.45, 7) is 0. The molecule has 130 valence electrons. The number of hydrogen-bond acceptors (Lipinski definition) is 3. The number of hydrogen-bond donors (Lipinski definition) is 2. The lowest BCUT2D eigenvalue weighted by atomic mass is 9.78. The normalized spacial score (nSPS) is 20.2. The number of aldehydes is 1. The van der Waals surface area contributed by atoms with Crippen LogP contribution < -0.4 is 5.32 Å². The number of halogens is 5. The van der Waals surface area contributed by atoms with Crippen LogP contribution >= 0.6 is 58.0 Å². The lowest BCUT2D eigenvalue weighted by Crippen LogP contribution is -2.41. The summed E-state index contributed by atoms with van der Waals surface area (Å²) in [5.41, 5.74) is -2.02. The van der Waals surface area contributed by atoms with Crippen molar-refractivity contribution in [3.63, 3.8) is 0 Å². The van der Waals surface area contributed by atoms with Crippen LogP contribution in [0.25, 0.3) is 0 Å². The second-order valence-electron chi connectivity index (χ2n) is 5.38. The summed E-state index contributed by atoms with van der Waals surface area (Å²) in [7, 11) is 0. The Morgan fingerprint density at radius 1 is 0.960 bits per heavy atom. The van der Waals surface area contributed by atoms with Gasteiger partial charge in [-0.25, -0.2) is 0 Å². The molecule has 0 spiro atoms. The van der Waals surface area contributed by atoms with Crippen molar-refractivity contribution in [3.05, 3.63) is 60.5 Å². The maximum atomic E-state index is 12.6. The standard InChI is InChI=1S/C16H8Cl5NO3/c17-8-3-4-10(19)14-11(8)16(25,15(24)22-14)7(5-23)6-1-2-9(18)13(21)12(6)20/h1-5,7,25H,(H,22,24). The summed E-state index contributed by atoms with van der Waals surface area (Å²) < 4.78 is 0. The highest BCUT2D eigenvalue weighted by Gasteiger charge is 2.54. The molecule has 0 fully saturated rings. The van der Waals surface area contributed by atoms with Gasteiger partial charge in [0.2, 0.25) is 0 Å². The van der Waals surface area contributed by atoms with Crippen molar-refractivity contribution in [1.29, 1.82) is 0 Å². The van der Waals surface area contributed by atoms with Gasteiger partial charge in [0.25, 0.3) is 5.91 Å².